The van der Waals surface area contributed by atoms with Gasteiger partial charge in [-0.05, 0) is 74.0 Å². The number of aromatic nitrogens is 7. The van der Waals surface area contributed by atoms with Crippen LogP contribution in [0, 0.1) is 19.7 Å². The van der Waals surface area contributed by atoms with Crippen LogP contribution in [0.3, 0.4) is 0 Å². The molecular weight excluding hydrogens is 730 g/mol. The highest BCUT2D eigenvalue weighted by atomic mass is 19.1. The number of halogens is 1. The molecule has 0 unspecified atom stereocenters. The molecule has 0 spiro atoms. The molecular formula is C42H34FN9O5. The van der Waals surface area contributed by atoms with Crippen LogP contribution in [0.25, 0.3) is 21.8 Å². The molecule has 0 aliphatic carbocycles. The first-order valence-electron chi connectivity index (χ1n) is 17.5. The summed E-state index contributed by atoms with van der Waals surface area (Å²) in [5, 5.41) is 4.99. The molecule has 0 bridgehead atoms. The fourth-order valence-electron chi connectivity index (χ4n) is 6.13. The largest absolute Gasteiger partial charge is 0.493 e. The summed E-state index contributed by atoms with van der Waals surface area (Å²) in [6.45, 7) is 3.87. The Labute approximate surface area is 326 Å². The minimum Gasteiger partial charge on any atom is -0.493 e. The van der Waals surface area contributed by atoms with Crippen molar-refractivity contribution in [3.05, 3.63) is 133 Å². The zero-order valence-electron chi connectivity index (χ0n) is 31.4. The van der Waals surface area contributed by atoms with Crippen molar-refractivity contribution in [3.8, 4) is 40.5 Å². The molecule has 0 aliphatic heterocycles. The van der Waals surface area contributed by atoms with E-state index in [1.165, 1.54) is 39.0 Å². The van der Waals surface area contributed by atoms with Gasteiger partial charge in [0.25, 0.3) is 0 Å². The van der Waals surface area contributed by atoms with E-state index in [0.717, 1.165) is 11.3 Å². The molecule has 0 saturated heterocycles. The Morgan fingerprint density at radius 3 is 1.68 bits per heavy atom. The molecule has 0 saturated carbocycles. The normalized spacial score (nSPS) is 11.0. The lowest BCUT2D eigenvalue weighted by Gasteiger charge is -2.37. The zero-order chi connectivity index (χ0) is 39.5. The molecule has 3 aromatic carbocycles. The smallest absolute Gasteiger partial charge is 0.213 e. The minimum absolute atomic E-state index is 0.301. The molecule has 0 amide bonds. The van der Waals surface area contributed by atoms with E-state index < -0.39 is 5.82 Å². The fourth-order valence-corrected chi connectivity index (χ4v) is 6.13. The molecule has 8 rings (SSSR count). The van der Waals surface area contributed by atoms with Gasteiger partial charge < -0.3 is 23.7 Å². The lowest BCUT2D eigenvalue weighted by atomic mass is 10.1. The monoisotopic (exact) mass is 763 g/mol. The number of rotatable bonds is 12. The number of anilines is 4. The predicted octanol–water partition coefficient (Wildman–Crippen LogP) is 9.02. The van der Waals surface area contributed by atoms with Crippen LogP contribution in [-0.4, -0.2) is 56.2 Å². The number of nitrogens with zero attached hydrogens (tertiary/aromatic N) is 9. The third-order valence-corrected chi connectivity index (χ3v) is 8.90. The molecule has 57 heavy (non-hydrogen) atoms. The third kappa shape index (κ3) is 7.41. The highest BCUT2D eigenvalue weighted by molar-refractivity contribution is 5.98. The van der Waals surface area contributed by atoms with Gasteiger partial charge in [-0.1, -0.05) is 6.07 Å². The van der Waals surface area contributed by atoms with Crippen molar-refractivity contribution in [2.24, 2.45) is 0 Å². The first-order valence-corrected chi connectivity index (χ1v) is 17.5. The summed E-state index contributed by atoms with van der Waals surface area (Å²) >= 11 is 0. The second-order valence-electron chi connectivity index (χ2n) is 12.6. The summed E-state index contributed by atoms with van der Waals surface area (Å²) in [6.07, 6.45) is 7.85. The summed E-state index contributed by atoms with van der Waals surface area (Å²) in [5.41, 5.74) is 4.02. The van der Waals surface area contributed by atoms with Crippen LogP contribution in [-0.2, 0) is 0 Å². The van der Waals surface area contributed by atoms with Crippen LogP contribution < -0.4 is 33.7 Å². The highest BCUT2D eigenvalue weighted by Gasteiger charge is 2.29. The van der Waals surface area contributed by atoms with Gasteiger partial charge in [0, 0.05) is 30.0 Å². The van der Waals surface area contributed by atoms with Gasteiger partial charge >= 0.3 is 0 Å². The molecule has 15 heteroatoms. The van der Waals surface area contributed by atoms with Crippen LogP contribution >= 0.6 is 0 Å². The molecule has 0 fully saturated rings. The third-order valence-electron chi connectivity index (χ3n) is 8.90. The van der Waals surface area contributed by atoms with E-state index in [9.17, 15) is 4.39 Å². The number of ether oxygens (including phenoxy) is 5. The van der Waals surface area contributed by atoms with Crippen LogP contribution in [0.5, 0.6) is 40.5 Å². The summed E-state index contributed by atoms with van der Waals surface area (Å²) in [6, 6.07) is 24.3. The molecule has 14 nitrogen and oxygen atoms in total. The molecule has 284 valence electrons. The van der Waals surface area contributed by atoms with Crippen molar-refractivity contribution in [1.29, 1.82) is 0 Å². The molecule has 0 atom stereocenters. The molecule has 8 aromatic rings. The number of aryl methyl sites for hydroxylation is 2. The lowest BCUT2D eigenvalue weighted by Crippen LogP contribution is -2.37. The van der Waals surface area contributed by atoms with Crippen molar-refractivity contribution >= 4 is 44.8 Å². The Morgan fingerprint density at radius 2 is 1.12 bits per heavy atom. The van der Waals surface area contributed by atoms with Crippen LogP contribution in [0.2, 0.25) is 0 Å². The van der Waals surface area contributed by atoms with E-state index in [-0.39, 0.29) is 0 Å². The van der Waals surface area contributed by atoms with Gasteiger partial charge in [0.15, 0.2) is 23.1 Å². The van der Waals surface area contributed by atoms with Crippen molar-refractivity contribution in [3.63, 3.8) is 0 Å². The molecule has 0 aliphatic rings. The maximum Gasteiger partial charge on any atom is 0.213 e. The quantitative estimate of drug-likeness (QED) is 0.109. The minimum atomic E-state index is -0.434. The van der Waals surface area contributed by atoms with Crippen LogP contribution in [0.1, 0.15) is 11.3 Å². The average Bonchev–Trinajstić information content (AvgIpc) is 3.24. The van der Waals surface area contributed by atoms with Gasteiger partial charge in [-0.2, -0.15) is 0 Å². The predicted molar refractivity (Wildman–Crippen MR) is 212 cm³/mol. The fraction of sp³-hybridized carbons (Fsp3) is 0.119. The van der Waals surface area contributed by atoms with Crippen molar-refractivity contribution < 1.29 is 28.1 Å². The van der Waals surface area contributed by atoms with Gasteiger partial charge in [0.2, 0.25) is 11.8 Å². The van der Waals surface area contributed by atoms with E-state index in [1.54, 1.807) is 62.1 Å². The Balaban J connectivity index is 1.38. The Kier molecular flexibility index (Phi) is 9.93. The standard InChI is InChI=1S/C42H34FN9O5/c1-25-15-28(10-13-36(25)57-31-12-9-26(2)44-20-31)51(41-32-18-39(54-4)45-21-34(32)47-23-49-41)52(42-33-19-40(55-5)46-22-35(33)48-24-50-42)29-11-14-37(38(17-29)53-3)56-30-8-6-7-27(43)16-30/h6-24H,1-5H3. The first kappa shape index (κ1) is 36.3. The van der Waals surface area contributed by atoms with Gasteiger partial charge in [0.05, 0.1) is 73.1 Å². The zero-order valence-corrected chi connectivity index (χ0v) is 31.4. The lowest BCUT2D eigenvalue weighted by molar-refractivity contribution is 0.378. The van der Waals surface area contributed by atoms with E-state index in [1.807, 2.05) is 60.3 Å². The van der Waals surface area contributed by atoms with E-state index in [2.05, 4.69) is 24.9 Å². The number of hydrogen-bond donors (Lipinski definition) is 0. The van der Waals surface area contributed by atoms with Gasteiger partial charge in [-0.15, -0.1) is 0 Å². The number of benzene rings is 3. The van der Waals surface area contributed by atoms with Crippen LogP contribution in [0.15, 0.2) is 116 Å². The van der Waals surface area contributed by atoms with Crippen molar-refractivity contribution in [2.45, 2.75) is 13.8 Å². The topological polar surface area (TPSA) is 143 Å². The number of hydrazine groups is 1. The number of fused-ring (bicyclic) bond motifs is 2. The Hall–Kier alpha value is -7.68. The van der Waals surface area contributed by atoms with Crippen molar-refractivity contribution in [2.75, 3.05) is 31.3 Å². The molecule has 0 radical (unpaired) electrons. The van der Waals surface area contributed by atoms with Gasteiger partial charge in [-0.3, -0.25) is 4.98 Å². The number of hydrogen-bond acceptors (Lipinski definition) is 14. The Morgan fingerprint density at radius 1 is 0.509 bits per heavy atom. The second kappa shape index (κ2) is 15.6. The van der Waals surface area contributed by atoms with E-state index >= 15 is 0 Å². The van der Waals surface area contributed by atoms with E-state index in [4.69, 9.17) is 33.7 Å². The first-order chi connectivity index (χ1) is 27.8. The maximum absolute atomic E-state index is 14.2. The van der Waals surface area contributed by atoms with Gasteiger partial charge in [-0.25, -0.2) is 44.3 Å². The summed E-state index contributed by atoms with van der Waals surface area (Å²) in [4.78, 5) is 32.0. The summed E-state index contributed by atoms with van der Waals surface area (Å²) in [7, 11) is 4.61. The maximum atomic E-state index is 14.2. The van der Waals surface area contributed by atoms with E-state index in [0.29, 0.717) is 85.3 Å². The van der Waals surface area contributed by atoms with Gasteiger partial charge in [0.1, 0.15) is 35.7 Å². The number of methoxy groups -OCH3 is 3. The molecule has 0 N–H and O–H groups in total. The SMILES string of the molecule is COc1cc2c(N(c3ccc(Oc4ccc(C)nc4)c(C)c3)N(c3ccc(Oc4cccc(F)c4)c(OC)c3)c3ncnc4cnc(OC)cc34)ncnc2cn1. The van der Waals surface area contributed by atoms with Crippen LogP contribution in [0.4, 0.5) is 27.4 Å². The number of pyridine rings is 3. The average molecular weight is 764 g/mol. The Bertz CT molecular complexity index is 2740. The van der Waals surface area contributed by atoms with Crippen molar-refractivity contribution in [1.82, 2.24) is 34.9 Å². The summed E-state index contributed by atoms with van der Waals surface area (Å²) in [5.74, 6) is 3.38. The highest BCUT2D eigenvalue weighted by Crippen LogP contribution is 2.44. The second-order valence-corrected chi connectivity index (χ2v) is 12.6. The summed E-state index contributed by atoms with van der Waals surface area (Å²) < 4.78 is 43.6. The molecule has 5 aromatic heterocycles. The molecule has 5 heterocycles.